The SMILES string of the molecule is O=C(O)CC(NC(=O)c1cc(O)n(-c2ccccc2Cl)n1)c1ccccc1F. The van der Waals surface area contributed by atoms with E-state index in [4.69, 9.17) is 16.7 Å². The van der Waals surface area contributed by atoms with Crippen molar-refractivity contribution in [3.63, 3.8) is 0 Å². The maximum Gasteiger partial charge on any atom is 0.305 e. The highest BCUT2D eigenvalue weighted by molar-refractivity contribution is 6.32. The third kappa shape index (κ3) is 4.12. The minimum atomic E-state index is -1.21. The average molecular weight is 404 g/mol. The van der Waals surface area contributed by atoms with Crippen LogP contribution >= 0.6 is 11.6 Å². The summed E-state index contributed by atoms with van der Waals surface area (Å²) < 4.78 is 15.1. The molecule has 0 aliphatic carbocycles. The van der Waals surface area contributed by atoms with Crippen LogP contribution < -0.4 is 5.32 Å². The molecule has 0 saturated heterocycles. The molecule has 0 saturated carbocycles. The predicted molar refractivity (Wildman–Crippen MR) is 99.1 cm³/mol. The van der Waals surface area contributed by atoms with Crippen LogP contribution in [0, 0.1) is 5.82 Å². The standard InChI is InChI=1S/C19H15ClFN3O4/c20-12-6-2-4-8-16(12)24-17(25)9-15(23-24)19(28)22-14(10-18(26)27)11-5-1-3-7-13(11)21/h1-9,14,25H,10H2,(H,22,28)(H,26,27). The highest BCUT2D eigenvalue weighted by Crippen LogP contribution is 2.25. The van der Waals surface area contributed by atoms with Gasteiger partial charge in [-0.15, -0.1) is 0 Å². The normalized spacial score (nSPS) is 11.8. The fourth-order valence-electron chi connectivity index (χ4n) is 2.69. The maximum atomic E-state index is 14.1. The lowest BCUT2D eigenvalue weighted by Gasteiger charge is -2.17. The van der Waals surface area contributed by atoms with Crippen LogP contribution in [0.15, 0.2) is 54.6 Å². The van der Waals surface area contributed by atoms with Gasteiger partial charge < -0.3 is 15.5 Å². The van der Waals surface area contributed by atoms with Gasteiger partial charge in [-0.1, -0.05) is 41.9 Å². The van der Waals surface area contributed by atoms with Gasteiger partial charge in [-0.05, 0) is 18.2 Å². The minimum absolute atomic E-state index is 0.0352. The Labute approximate surface area is 164 Å². The number of nitrogens with zero attached hydrogens (tertiary/aromatic N) is 2. The Kier molecular flexibility index (Phi) is 5.60. The molecule has 0 radical (unpaired) electrons. The number of nitrogens with one attached hydrogen (secondary N) is 1. The molecule has 0 fully saturated rings. The molecule has 3 rings (SSSR count). The molecule has 144 valence electrons. The van der Waals surface area contributed by atoms with Crippen LogP contribution in [0.5, 0.6) is 5.88 Å². The molecule has 0 spiro atoms. The number of carboxylic acids is 1. The van der Waals surface area contributed by atoms with Gasteiger partial charge in [-0.3, -0.25) is 9.59 Å². The summed E-state index contributed by atoms with van der Waals surface area (Å²) in [5.41, 5.74) is 0.217. The van der Waals surface area contributed by atoms with Crippen molar-refractivity contribution >= 4 is 23.5 Å². The van der Waals surface area contributed by atoms with Gasteiger partial charge >= 0.3 is 5.97 Å². The molecule has 3 N–H and O–H groups in total. The molecule has 0 aliphatic heterocycles. The van der Waals surface area contributed by atoms with Gasteiger partial charge in [0, 0.05) is 11.6 Å². The molecule has 1 amide bonds. The van der Waals surface area contributed by atoms with Gasteiger partial charge in [0.25, 0.3) is 5.91 Å². The molecule has 28 heavy (non-hydrogen) atoms. The molecule has 9 heteroatoms. The van der Waals surface area contributed by atoms with E-state index < -0.39 is 30.2 Å². The van der Waals surface area contributed by atoms with Crippen molar-refractivity contribution in [2.75, 3.05) is 0 Å². The largest absolute Gasteiger partial charge is 0.493 e. The van der Waals surface area contributed by atoms with Crippen LogP contribution in [0.2, 0.25) is 5.02 Å². The molecule has 1 atom stereocenters. The van der Waals surface area contributed by atoms with Gasteiger partial charge in [-0.2, -0.15) is 9.78 Å². The Hall–Kier alpha value is -3.39. The molecule has 2 aromatic carbocycles. The summed E-state index contributed by atoms with van der Waals surface area (Å²) in [4.78, 5) is 23.7. The van der Waals surface area contributed by atoms with Crippen molar-refractivity contribution in [3.8, 4) is 11.6 Å². The van der Waals surface area contributed by atoms with E-state index in [0.717, 1.165) is 10.7 Å². The quantitative estimate of drug-likeness (QED) is 0.585. The average Bonchev–Trinajstić information content (AvgIpc) is 3.03. The predicted octanol–water partition coefficient (Wildman–Crippen LogP) is 3.32. The Morgan fingerprint density at radius 3 is 2.54 bits per heavy atom. The first kappa shape index (κ1) is 19.4. The number of aromatic nitrogens is 2. The summed E-state index contributed by atoms with van der Waals surface area (Å²) in [5, 5.41) is 26.0. The lowest BCUT2D eigenvalue weighted by molar-refractivity contribution is -0.137. The topological polar surface area (TPSA) is 104 Å². The van der Waals surface area contributed by atoms with Crippen LogP contribution in [0.4, 0.5) is 4.39 Å². The number of carbonyl (C=O) groups is 2. The fourth-order valence-corrected chi connectivity index (χ4v) is 2.90. The van der Waals surface area contributed by atoms with E-state index in [0.29, 0.717) is 10.7 Å². The smallest absolute Gasteiger partial charge is 0.305 e. The maximum absolute atomic E-state index is 14.1. The van der Waals surface area contributed by atoms with Crippen molar-refractivity contribution in [3.05, 3.63) is 76.7 Å². The number of hydrogen-bond acceptors (Lipinski definition) is 4. The number of rotatable bonds is 6. The first-order chi connectivity index (χ1) is 13.4. The molecular weight excluding hydrogens is 389 g/mol. The number of carboxylic acid groups (broad SMARTS) is 1. The highest BCUT2D eigenvalue weighted by atomic mass is 35.5. The molecule has 1 heterocycles. The second-order valence-corrected chi connectivity index (χ2v) is 6.30. The van der Waals surface area contributed by atoms with Crippen molar-refractivity contribution in [1.29, 1.82) is 0 Å². The van der Waals surface area contributed by atoms with Crippen LogP contribution in [0.1, 0.15) is 28.5 Å². The Bertz CT molecular complexity index is 1040. The molecule has 0 aliphatic rings. The number of amides is 1. The lowest BCUT2D eigenvalue weighted by atomic mass is 10.0. The summed E-state index contributed by atoms with van der Waals surface area (Å²) in [6, 6.07) is 12.1. The third-order valence-corrected chi connectivity index (χ3v) is 4.29. The van der Waals surface area contributed by atoms with Gasteiger partial charge in [0.1, 0.15) is 5.82 Å². The van der Waals surface area contributed by atoms with E-state index >= 15 is 0 Å². The number of aromatic hydroxyl groups is 1. The number of carbonyl (C=O) groups excluding carboxylic acids is 1. The number of benzene rings is 2. The highest BCUT2D eigenvalue weighted by Gasteiger charge is 2.24. The summed E-state index contributed by atoms with van der Waals surface area (Å²) in [5.74, 6) is -2.95. The lowest BCUT2D eigenvalue weighted by Crippen LogP contribution is -2.31. The van der Waals surface area contributed by atoms with Crippen molar-refractivity contribution in [2.24, 2.45) is 0 Å². The third-order valence-electron chi connectivity index (χ3n) is 3.97. The van der Waals surface area contributed by atoms with Crippen molar-refractivity contribution < 1.29 is 24.2 Å². The number of para-hydroxylation sites is 1. The van der Waals surface area contributed by atoms with Gasteiger partial charge in [-0.25, -0.2) is 4.39 Å². The second kappa shape index (κ2) is 8.10. The van der Waals surface area contributed by atoms with E-state index in [-0.39, 0.29) is 17.1 Å². The number of aliphatic carboxylic acids is 1. The first-order valence-electron chi connectivity index (χ1n) is 8.18. The van der Waals surface area contributed by atoms with E-state index in [1.54, 1.807) is 24.3 Å². The monoisotopic (exact) mass is 403 g/mol. The molecule has 3 aromatic rings. The minimum Gasteiger partial charge on any atom is -0.493 e. The molecule has 0 bridgehead atoms. The number of hydrogen-bond donors (Lipinski definition) is 3. The molecular formula is C19H15ClFN3O4. The second-order valence-electron chi connectivity index (χ2n) is 5.90. The van der Waals surface area contributed by atoms with Gasteiger partial charge in [0.15, 0.2) is 5.69 Å². The van der Waals surface area contributed by atoms with E-state index in [1.165, 1.54) is 24.3 Å². The zero-order valence-corrected chi connectivity index (χ0v) is 15.1. The summed E-state index contributed by atoms with van der Waals surface area (Å²) in [6.07, 6.45) is -0.524. The number of halogens is 2. The molecule has 1 unspecified atom stereocenters. The zero-order valence-electron chi connectivity index (χ0n) is 14.3. The van der Waals surface area contributed by atoms with Crippen molar-refractivity contribution in [1.82, 2.24) is 15.1 Å². The van der Waals surface area contributed by atoms with E-state index in [2.05, 4.69) is 10.4 Å². The Balaban J connectivity index is 1.89. The molecule has 7 nitrogen and oxygen atoms in total. The van der Waals surface area contributed by atoms with Crippen LogP contribution in [0.25, 0.3) is 5.69 Å². The van der Waals surface area contributed by atoms with Crippen LogP contribution in [0.3, 0.4) is 0 Å². The summed E-state index contributed by atoms with van der Waals surface area (Å²) in [6.45, 7) is 0. The van der Waals surface area contributed by atoms with Crippen LogP contribution in [-0.4, -0.2) is 31.9 Å². The summed E-state index contributed by atoms with van der Waals surface area (Å²) >= 11 is 6.08. The van der Waals surface area contributed by atoms with E-state index in [1.807, 2.05) is 0 Å². The summed E-state index contributed by atoms with van der Waals surface area (Å²) in [7, 11) is 0. The van der Waals surface area contributed by atoms with E-state index in [9.17, 15) is 19.1 Å². The first-order valence-corrected chi connectivity index (χ1v) is 8.55. The molecule has 1 aromatic heterocycles. The van der Waals surface area contributed by atoms with Crippen LogP contribution in [-0.2, 0) is 4.79 Å². The van der Waals surface area contributed by atoms with Gasteiger partial charge in [0.05, 0.1) is 23.2 Å². The Morgan fingerprint density at radius 1 is 1.18 bits per heavy atom. The zero-order chi connectivity index (χ0) is 20.3. The Morgan fingerprint density at radius 2 is 1.86 bits per heavy atom. The fraction of sp³-hybridized carbons (Fsp3) is 0.105. The van der Waals surface area contributed by atoms with Gasteiger partial charge in [0.2, 0.25) is 5.88 Å². The van der Waals surface area contributed by atoms with Crippen molar-refractivity contribution in [2.45, 2.75) is 12.5 Å².